The van der Waals surface area contributed by atoms with Crippen LogP contribution in [0.3, 0.4) is 0 Å². The third-order valence-electron chi connectivity index (χ3n) is 4.35. The van der Waals surface area contributed by atoms with Crippen LogP contribution >= 0.6 is 0 Å². The Bertz CT molecular complexity index is 1010. The van der Waals surface area contributed by atoms with Gasteiger partial charge in [-0.2, -0.15) is 5.10 Å². The second kappa shape index (κ2) is 5.88. The highest BCUT2D eigenvalue weighted by Gasteiger charge is 2.24. The van der Waals surface area contributed by atoms with Gasteiger partial charge < -0.3 is 4.52 Å². The number of rotatable bonds is 3. The predicted octanol–water partition coefficient (Wildman–Crippen LogP) is 4.91. The lowest BCUT2D eigenvalue weighted by atomic mass is 9.88. The molecule has 2 heterocycles. The van der Waals surface area contributed by atoms with Crippen LogP contribution < -0.4 is 0 Å². The zero-order valence-corrected chi connectivity index (χ0v) is 14.6. The van der Waals surface area contributed by atoms with Crippen molar-refractivity contribution < 1.29 is 4.52 Å². The number of aromatic amines is 1. The number of nitrogens with zero attached hydrogens (tertiary/aromatic N) is 2. The van der Waals surface area contributed by atoms with Gasteiger partial charge in [-0.3, -0.25) is 5.10 Å². The average molecular weight is 330 g/mol. The molecule has 0 amide bonds. The Kier molecular flexibility index (Phi) is 3.68. The van der Waals surface area contributed by atoms with Gasteiger partial charge in [0.1, 0.15) is 6.20 Å². The van der Waals surface area contributed by atoms with Crippen molar-refractivity contribution in [2.75, 3.05) is 0 Å². The molecule has 4 nitrogen and oxygen atoms in total. The summed E-state index contributed by atoms with van der Waals surface area (Å²) in [5.74, 6) is 0.847. The summed E-state index contributed by atoms with van der Waals surface area (Å²) < 4.78 is 5.47. The Morgan fingerprint density at radius 2 is 1.88 bits per heavy atom. The van der Waals surface area contributed by atoms with Gasteiger partial charge in [0, 0.05) is 17.2 Å². The van der Waals surface area contributed by atoms with E-state index in [2.05, 4.69) is 84.8 Å². The van der Waals surface area contributed by atoms with E-state index in [0.717, 1.165) is 39.9 Å². The number of fused-ring (bicyclic) bond motifs is 1. The van der Waals surface area contributed by atoms with E-state index in [0.29, 0.717) is 0 Å². The summed E-state index contributed by atoms with van der Waals surface area (Å²) in [6.07, 6.45) is 3.80. The van der Waals surface area contributed by atoms with E-state index < -0.39 is 0 Å². The topological polar surface area (TPSA) is 54.7 Å². The van der Waals surface area contributed by atoms with Crippen LogP contribution in [0.5, 0.6) is 0 Å². The molecule has 4 rings (SSSR count). The Morgan fingerprint density at radius 1 is 1.08 bits per heavy atom. The van der Waals surface area contributed by atoms with E-state index >= 15 is 0 Å². The Labute approximate surface area is 146 Å². The first-order chi connectivity index (χ1) is 12.0. The molecule has 2 aromatic heterocycles. The van der Waals surface area contributed by atoms with Gasteiger partial charge in [-0.25, -0.2) is 0 Å². The molecule has 0 aliphatic rings. The molecule has 2 aromatic carbocycles. The van der Waals surface area contributed by atoms with Crippen molar-refractivity contribution in [1.82, 2.24) is 15.4 Å². The van der Waals surface area contributed by atoms with Crippen LogP contribution in [0, 0.1) is 6.20 Å². The quantitative estimate of drug-likeness (QED) is 0.581. The molecular formula is C21H20N3O. The summed E-state index contributed by atoms with van der Waals surface area (Å²) in [4.78, 5) is 0. The van der Waals surface area contributed by atoms with E-state index in [-0.39, 0.29) is 5.41 Å². The average Bonchev–Trinajstić information content (AvgIpc) is 3.22. The van der Waals surface area contributed by atoms with Crippen molar-refractivity contribution in [2.45, 2.75) is 32.6 Å². The largest absolute Gasteiger partial charge is 0.359 e. The Morgan fingerprint density at radius 3 is 2.64 bits per heavy atom. The Hall–Kier alpha value is -2.88. The molecule has 1 N–H and O–H groups in total. The van der Waals surface area contributed by atoms with Gasteiger partial charge in [0.25, 0.3) is 0 Å². The van der Waals surface area contributed by atoms with Crippen LogP contribution in [-0.4, -0.2) is 15.4 Å². The van der Waals surface area contributed by atoms with Gasteiger partial charge in [0.15, 0.2) is 5.76 Å². The first kappa shape index (κ1) is 15.6. The molecule has 0 unspecified atom stereocenters. The van der Waals surface area contributed by atoms with Crippen molar-refractivity contribution in [3.63, 3.8) is 0 Å². The summed E-state index contributed by atoms with van der Waals surface area (Å²) >= 11 is 0. The van der Waals surface area contributed by atoms with Crippen molar-refractivity contribution in [1.29, 1.82) is 0 Å². The molecule has 0 spiro atoms. The summed E-state index contributed by atoms with van der Waals surface area (Å²) in [5.41, 5.74) is 5.16. The maximum atomic E-state index is 5.47. The number of aromatic nitrogens is 3. The lowest BCUT2D eigenvalue weighted by molar-refractivity contribution is 0.329. The van der Waals surface area contributed by atoms with Gasteiger partial charge in [0.05, 0.1) is 16.8 Å². The molecule has 4 aromatic rings. The predicted molar refractivity (Wildman–Crippen MR) is 98.4 cm³/mol. The third-order valence-corrected chi connectivity index (χ3v) is 4.35. The smallest absolute Gasteiger partial charge is 0.150 e. The highest BCUT2D eigenvalue weighted by atomic mass is 16.5. The van der Waals surface area contributed by atoms with Gasteiger partial charge in [-0.1, -0.05) is 62.3 Å². The van der Waals surface area contributed by atoms with Gasteiger partial charge in [0.2, 0.25) is 0 Å². The van der Waals surface area contributed by atoms with Crippen LogP contribution in [0.15, 0.2) is 53.1 Å². The molecule has 0 saturated heterocycles. The van der Waals surface area contributed by atoms with Crippen LogP contribution in [0.4, 0.5) is 0 Å². The van der Waals surface area contributed by atoms with Crippen molar-refractivity contribution >= 4 is 10.9 Å². The molecule has 0 bridgehead atoms. The van der Waals surface area contributed by atoms with Crippen molar-refractivity contribution in [3.05, 3.63) is 71.7 Å². The van der Waals surface area contributed by atoms with Gasteiger partial charge in [-0.15, -0.1) is 0 Å². The molecule has 4 heteroatoms. The molecule has 0 aliphatic heterocycles. The molecule has 125 valence electrons. The molecule has 0 saturated carbocycles. The fourth-order valence-corrected chi connectivity index (χ4v) is 3.07. The first-order valence-corrected chi connectivity index (χ1v) is 8.41. The van der Waals surface area contributed by atoms with Crippen LogP contribution in [0.2, 0.25) is 0 Å². The summed E-state index contributed by atoms with van der Waals surface area (Å²) in [6, 6.07) is 16.6. The van der Waals surface area contributed by atoms with Crippen LogP contribution in [-0.2, 0) is 11.8 Å². The Balaban J connectivity index is 1.78. The van der Waals surface area contributed by atoms with Crippen molar-refractivity contribution in [3.8, 4) is 11.1 Å². The molecule has 25 heavy (non-hydrogen) atoms. The molecule has 1 radical (unpaired) electrons. The summed E-state index contributed by atoms with van der Waals surface area (Å²) in [7, 11) is 0. The number of hydrogen-bond donors (Lipinski definition) is 1. The number of H-pyrrole nitrogens is 1. The van der Waals surface area contributed by atoms with Gasteiger partial charge >= 0.3 is 0 Å². The minimum absolute atomic E-state index is 0.124. The maximum Gasteiger partial charge on any atom is 0.150 e. The standard InChI is InChI=1S/C21H20N3O/c1-21(2,3)20-17(13-22-25-20)15-9-10-18-16(12-15)19(24-23-18)11-14-7-5-4-6-8-14/h4-10,12H,11H2,1-3H3,(H,23,24). The molecule has 0 aliphatic carbocycles. The minimum atomic E-state index is -0.124. The monoisotopic (exact) mass is 330 g/mol. The second-order valence-corrected chi connectivity index (χ2v) is 7.34. The van der Waals surface area contributed by atoms with E-state index in [1.54, 1.807) is 0 Å². The zero-order chi connectivity index (χ0) is 17.4. The highest BCUT2D eigenvalue weighted by Crippen LogP contribution is 2.34. The summed E-state index contributed by atoms with van der Waals surface area (Å²) in [6.45, 7) is 6.34. The SMILES string of the molecule is CC(C)(C)c1on[c]c1-c1ccc2[nH]nc(Cc3ccccc3)c2c1. The molecular weight excluding hydrogens is 310 g/mol. The fourth-order valence-electron chi connectivity index (χ4n) is 3.07. The maximum absolute atomic E-state index is 5.47. The normalized spacial score (nSPS) is 12.0. The fraction of sp³-hybridized carbons (Fsp3) is 0.238. The molecule has 0 fully saturated rings. The number of nitrogens with one attached hydrogen (secondary N) is 1. The summed E-state index contributed by atoms with van der Waals surface area (Å²) in [5, 5.41) is 12.7. The first-order valence-electron chi connectivity index (χ1n) is 8.41. The number of benzene rings is 2. The van der Waals surface area contributed by atoms with E-state index in [4.69, 9.17) is 4.52 Å². The van der Waals surface area contributed by atoms with Gasteiger partial charge in [-0.05, 0) is 23.3 Å². The van der Waals surface area contributed by atoms with Crippen LogP contribution in [0.1, 0.15) is 37.8 Å². The molecule has 0 atom stereocenters. The van der Waals surface area contributed by atoms with E-state index in [1.807, 2.05) is 6.07 Å². The highest BCUT2D eigenvalue weighted by molar-refractivity contribution is 5.87. The number of hydrogen-bond acceptors (Lipinski definition) is 3. The van der Waals surface area contributed by atoms with Crippen LogP contribution in [0.25, 0.3) is 22.0 Å². The van der Waals surface area contributed by atoms with E-state index in [1.165, 1.54) is 5.56 Å². The van der Waals surface area contributed by atoms with Crippen molar-refractivity contribution in [2.24, 2.45) is 0 Å². The lowest BCUT2D eigenvalue weighted by Gasteiger charge is -2.15. The second-order valence-electron chi connectivity index (χ2n) is 7.34. The zero-order valence-electron chi connectivity index (χ0n) is 14.6. The lowest BCUT2D eigenvalue weighted by Crippen LogP contribution is -2.11. The minimum Gasteiger partial charge on any atom is -0.359 e. The third kappa shape index (κ3) is 2.95. The van der Waals surface area contributed by atoms with E-state index in [9.17, 15) is 0 Å².